The number of hydrogen-bond donors (Lipinski definition) is 1. The van der Waals surface area contributed by atoms with E-state index in [0.29, 0.717) is 24.5 Å². The largest absolute Gasteiger partial charge is 0.450 e. The van der Waals surface area contributed by atoms with Crippen molar-refractivity contribution < 1.29 is 18.7 Å². The molecule has 1 aliphatic rings. The molecule has 0 saturated carbocycles. The molecule has 10 heteroatoms. The summed E-state index contributed by atoms with van der Waals surface area (Å²) in [6.45, 7) is 4.68. The van der Waals surface area contributed by atoms with Crippen molar-refractivity contribution in [2.24, 2.45) is 0 Å². The average molecular weight is 404 g/mol. The van der Waals surface area contributed by atoms with Crippen LogP contribution in [-0.4, -0.2) is 62.8 Å². The third-order valence-corrected chi connectivity index (χ3v) is 4.89. The highest BCUT2D eigenvalue weighted by molar-refractivity contribution is 5.81. The van der Waals surface area contributed by atoms with E-state index in [0.717, 1.165) is 12.8 Å². The summed E-state index contributed by atoms with van der Waals surface area (Å²) in [6.07, 6.45) is 1.29. The van der Waals surface area contributed by atoms with Crippen molar-refractivity contribution in [3.05, 3.63) is 41.5 Å². The summed E-state index contributed by atoms with van der Waals surface area (Å²) in [5, 5.41) is 14.3. The Morgan fingerprint density at radius 3 is 2.93 bits per heavy atom. The second-order valence-electron chi connectivity index (χ2n) is 7.01. The quantitative estimate of drug-likeness (QED) is 0.785. The smallest absolute Gasteiger partial charge is 0.407 e. The lowest BCUT2D eigenvalue weighted by molar-refractivity contribution is -0.136. The van der Waals surface area contributed by atoms with Gasteiger partial charge in [0.15, 0.2) is 0 Å². The topological polar surface area (TPSA) is 102 Å². The number of piperidine rings is 1. The maximum atomic E-state index is 13.6. The van der Waals surface area contributed by atoms with Crippen LogP contribution >= 0.6 is 0 Å². The van der Waals surface area contributed by atoms with E-state index >= 15 is 0 Å². The third-order valence-electron chi connectivity index (χ3n) is 4.89. The number of carbonyl (C=O) groups excluding carboxylic acids is 2. The van der Waals surface area contributed by atoms with Gasteiger partial charge in [-0.15, -0.1) is 5.10 Å². The van der Waals surface area contributed by atoms with Crippen LogP contribution < -0.4 is 5.32 Å². The number of nitrogens with one attached hydrogen (secondary N) is 1. The lowest BCUT2D eigenvalue weighted by Crippen LogP contribution is -2.51. The first-order chi connectivity index (χ1) is 14.0. The molecule has 1 fully saturated rings. The van der Waals surface area contributed by atoms with Gasteiger partial charge >= 0.3 is 6.09 Å². The number of carbonyl (C=O) groups is 2. The predicted molar refractivity (Wildman–Crippen MR) is 101 cm³/mol. The van der Waals surface area contributed by atoms with Gasteiger partial charge in [0.05, 0.1) is 6.61 Å². The van der Waals surface area contributed by atoms with E-state index in [2.05, 4.69) is 20.8 Å². The van der Waals surface area contributed by atoms with Crippen molar-refractivity contribution in [2.45, 2.75) is 45.2 Å². The van der Waals surface area contributed by atoms with Crippen molar-refractivity contribution in [3.8, 4) is 0 Å². The van der Waals surface area contributed by atoms with Crippen LogP contribution in [0.2, 0.25) is 0 Å². The van der Waals surface area contributed by atoms with E-state index in [1.54, 1.807) is 30.9 Å². The molecule has 0 radical (unpaired) electrons. The third kappa shape index (κ3) is 5.27. The second kappa shape index (κ2) is 9.44. The van der Waals surface area contributed by atoms with Crippen LogP contribution in [0.15, 0.2) is 24.3 Å². The van der Waals surface area contributed by atoms with Gasteiger partial charge in [0, 0.05) is 25.6 Å². The molecule has 1 saturated heterocycles. The fourth-order valence-corrected chi connectivity index (χ4v) is 3.54. The van der Waals surface area contributed by atoms with Crippen LogP contribution in [-0.2, 0) is 16.0 Å². The van der Waals surface area contributed by atoms with Gasteiger partial charge in [-0.25, -0.2) is 13.9 Å². The summed E-state index contributed by atoms with van der Waals surface area (Å²) < 4.78 is 20.0. The van der Waals surface area contributed by atoms with E-state index < -0.39 is 12.1 Å². The Morgan fingerprint density at radius 1 is 1.41 bits per heavy atom. The Hall–Kier alpha value is -3.04. The molecule has 29 heavy (non-hydrogen) atoms. The maximum Gasteiger partial charge on any atom is 0.407 e. The molecule has 0 unspecified atom stereocenters. The number of aromatic nitrogens is 4. The molecule has 0 bridgehead atoms. The molecule has 1 aromatic carbocycles. The molecule has 2 amide bonds. The Morgan fingerprint density at radius 2 is 2.24 bits per heavy atom. The minimum absolute atomic E-state index is 0.167. The molecule has 2 heterocycles. The number of hydrogen-bond acceptors (Lipinski definition) is 6. The van der Waals surface area contributed by atoms with Gasteiger partial charge in [-0.1, -0.05) is 12.1 Å². The maximum absolute atomic E-state index is 13.6. The Bertz CT molecular complexity index is 858. The number of amides is 2. The molecular formula is C19H25FN6O3. The highest BCUT2D eigenvalue weighted by Gasteiger charge is 2.32. The van der Waals surface area contributed by atoms with Crippen LogP contribution in [0.5, 0.6) is 0 Å². The zero-order valence-corrected chi connectivity index (χ0v) is 16.5. The fourth-order valence-electron chi connectivity index (χ4n) is 3.54. The number of rotatable bonds is 6. The molecule has 3 rings (SSSR count). The number of ether oxygens (including phenoxy) is 1. The standard InChI is InChI=1S/C19H25FN6O3/c1-3-29-19(28)21-16-8-5-9-25(12-16)18(27)17(26-13(2)22-23-24-26)11-14-6-4-7-15(20)10-14/h4,6-7,10,16-17H,3,5,8-9,11-12H2,1-2H3,(H,21,28)/t16-,17+/m0/s1. The summed E-state index contributed by atoms with van der Waals surface area (Å²) >= 11 is 0. The molecule has 0 spiro atoms. The van der Waals surface area contributed by atoms with Crippen LogP contribution in [0, 0.1) is 12.7 Å². The molecule has 1 N–H and O–H groups in total. The summed E-state index contributed by atoms with van der Waals surface area (Å²) in [7, 11) is 0. The van der Waals surface area contributed by atoms with Crippen molar-refractivity contribution in [1.29, 1.82) is 0 Å². The van der Waals surface area contributed by atoms with E-state index in [4.69, 9.17) is 4.74 Å². The molecule has 1 aromatic heterocycles. The Kier molecular flexibility index (Phi) is 6.73. The number of likely N-dealkylation sites (tertiary alicyclic amines) is 1. The number of alkyl carbamates (subject to hydrolysis) is 1. The summed E-state index contributed by atoms with van der Waals surface area (Å²) in [4.78, 5) is 26.8. The zero-order valence-electron chi connectivity index (χ0n) is 16.5. The van der Waals surface area contributed by atoms with Gasteiger partial charge in [-0.2, -0.15) is 0 Å². The molecule has 1 aliphatic heterocycles. The van der Waals surface area contributed by atoms with Crippen LogP contribution in [0.4, 0.5) is 9.18 Å². The van der Waals surface area contributed by atoms with E-state index in [1.165, 1.54) is 16.8 Å². The molecule has 156 valence electrons. The minimum atomic E-state index is -0.701. The van der Waals surface area contributed by atoms with Crippen molar-refractivity contribution >= 4 is 12.0 Å². The molecule has 2 aromatic rings. The van der Waals surface area contributed by atoms with Crippen molar-refractivity contribution in [2.75, 3.05) is 19.7 Å². The highest BCUT2D eigenvalue weighted by Crippen LogP contribution is 2.21. The zero-order chi connectivity index (χ0) is 20.8. The monoisotopic (exact) mass is 404 g/mol. The number of aryl methyl sites for hydroxylation is 1. The number of halogens is 1. The van der Waals surface area contributed by atoms with Gasteiger partial charge in [0.1, 0.15) is 17.7 Å². The van der Waals surface area contributed by atoms with Crippen molar-refractivity contribution in [1.82, 2.24) is 30.4 Å². The molecular weight excluding hydrogens is 379 g/mol. The van der Waals surface area contributed by atoms with Crippen LogP contribution in [0.1, 0.15) is 37.2 Å². The Balaban J connectivity index is 1.77. The normalized spacial score (nSPS) is 17.6. The number of nitrogens with zero attached hydrogens (tertiary/aromatic N) is 5. The molecule has 9 nitrogen and oxygen atoms in total. The first-order valence-electron chi connectivity index (χ1n) is 9.69. The summed E-state index contributed by atoms with van der Waals surface area (Å²) in [5.74, 6) is -0.0307. The van der Waals surface area contributed by atoms with Crippen LogP contribution in [0.25, 0.3) is 0 Å². The van der Waals surface area contributed by atoms with Crippen LogP contribution in [0.3, 0.4) is 0 Å². The first-order valence-corrected chi connectivity index (χ1v) is 9.69. The first kappa shape index (κ1) is 20.7. The fraction of sp³-hybridized carbons (Fsp3) is 0.526. The second-order valence-corrected chi connectivity index (χ2v) is 7.01. The van der Waals surface area contributed by atoms with Gasteiger partial charge in [-0.05, 0) is 54.8 Å². The molecule has 2 atom stereocenters. The predicted octanol–water partition coefficient (Wildman–Crippen LogP) is 1.64. The lowest BCUT2D eigenvalue weighted by atomic mass is 10.0. The van der Waals surface area contributed by atoms with E-state index in [-0.39, 0.29) is 30.8 Å². The van der Waals surface area contributed by atoms with Gasteiger partial charge in [0.25, 0.3) is 0 Å². The number of tetrazole rings is 1. The van der Waals surface area contributed by atoms with Gasteiger partial charge in [-0.3, -0.25) is 4.79 Å². The lowest BCUT2D eigenvalue weighted by Gasteiger charge is -2.35. The minimum Gasteiger partial charge on any atom is -0.450 e. The summed E-state index contributed by atoms with van der Waals surface area (Å²) in [6, 6.07) is 5.26. The Labute approximate surface area is 168 Å². The van der Waals surface area contributed by atoms with E-state index in [1.807, 2.05) is 0 Å². The van der Waals surface area contributed by atoms with Gasteiger partial charge in [0.2, 0.25) is 5.91 Å². The average Bonchev–Trinajstić information content (AvgIpc) is 3.11. The highest BCUT2D eigenvalue weighted by atomic mass is 19.1. The van der Waals surface area contributed by atoms with E-state index in [9.17, 15) is 14.0 Å². The molecule has 0 aliphatic carbocycles. The SMILES string of the molecule is CCOC(=O)N[C@H]1CCCN(C(=O)[C@@H](Cc2cccc(F)c2)n2nnnc2C)C1. The summed E-state index contributed by atoms with van der Waals surface area (Å²) in [5.41, 5.74) is 0.677. The van der Waals surface area contributed by atoms with Crippen molar-refractivity contribution in [3.63, 3.8) is 0 Å². The van der Waals surface area contributed by atoms with Gasteiger partial charge < -0.3 is 15.0 Å². The number of benzene rings is 1.